The number of benzene rings is 1. The molecule has 4 rings (SSSR count). The van der Waals surface area contributed by atoms with Crippen LogP contribution in [0.25, 0.3) is 5.82 Å². The van der Waals surface area contributed by atoms with Crippen molar-refractivity contribution in [2.75, 3.05) is 26.0 Å². The van der Waals surface area contributed by atoms with Gasteiger partial charge in [-0.2, -0.15) is 9.78 Å². The maximum Gasteiger partial charge on any atom is 0.293 e. The van der Waals surface area contributed by atoms with Crippen molar-refractivity contribution in [3.8, 4) is 17.3 Å². The van der Waals surface area contributed by atoms with Crippen molar-refractivity contribution in [3.63, 3.8) is 0 Å². The smallest absolute Gasteiger partial charge is 0.293 e. The topological polar surface area (TPSA) is 202 Å². The second-order valence-corrected chi connectivity index (χ2v) is 8.45. The molecular weight excluding hydrogens is 484 g/mol. The number of piperidine rings is 1. The Morgan fingerprint density at radius 2 is 2.14 bits per heavy atom. The summed E-state index contributed by atoms with van der Waals surface area (Å²) >= 11 is 0. The Bertz CT molecular complexity index is 1290. The van der Waals surface area contributed by atoms with Crippen molar-refractivity contribution >= 4 is 23.8 Å². The number of aromatic nitrogens is 5. The number of nitrogens with one attached hydrogen (secondary N) is 1. The van der Waals surface area contributed by atoms with Gasteiger partial charge in [0.2, 0.25) is 11.6 Å². The Morgan fingerprint density at radius 3 is 2.84 bits per heavy atom. The molecule has 15 nitrogen and oxygen atoms in total. The van der Waals surface area contributed by atoms with Crippen molar-refractivity contribution in [1.29, 1.82) is 0 Å². The molecule has 0 saturated carbocycles. The molecule has 3 heterocycles. The minimum Gasteiger partial charge on any atom is -0.493 e. The van der Waals surface area contributed by atoms with Crippen LogP contribution in [0.3, 0.4) is 0 Å². The number of hydrazone groups is 1. The van der Waals surface area contributed by atoms with Crippen molar-refractivity contribution in [2.45, 2.75) is 38.8 Å². The molecule has 1 atom stereocenters. The second kappa shape index (κ2) is 11.5. The standard InChI is InChI=1S/C22H28N10O5/c1-13-5-3-4-8-31(13)11-15-19(26-30-32(15)21-20(24)28-37-29-21)22(34)27-25-10-14-6-7-16(17(9-14)35-2)36-12-18(23)33/h6-7,9-10,13H,3-5,8,11-12H2,1-2H3,(H2,23,33)(H2,24,28)(H,27,34). The van der Waals surface area contributed by atoms with Crippen molar-refractivity contribution in [1.82, 2.24) is 35.6 Å². The Hall–Kier alpha value is -4.53. The predicted octanol–water partition coefficient (Wildman–Crippen LogP) is 0.244. The molecule has 2 aromatic heterocycles. The Kier molecular flexibility index (Phi) is 7.92. The van der Waals surface area contributed by atoms with Crippen molar-refractivity contribution in [2.24, 2.45) is 10.8 Å². The Balaban J connectivity index is 1.52. The number of methoxy groups -OCH3 is 1. The highest BCUT2D eigenvalue weighted by Crippen LogP contribution is 2.27. The minimum atomic E-state index is -0.607. The van der Waals surface area contributed by atoms with Crippen LogP contribution in [0.2, 0.25) is 0 Å². The fourth-order valence-corrected chi connectivity index (χ4v) is 3.96. The third-order valence-electron chi connectivity index (χ3n) is 5.91. The van der Waals surface area contributed by atoms with Gasteiger partial charge >= 0.3 is 0 Å². The number of amides is 2. The lowest BCUT2D eigenvalue weighted by atomic mass is 10.0. The van der Waals surface area contributed by atoms with E-state index >= 15 is 0 Å². The van der Waals surface area contributed by atoms with Crippen molar-refractivity contribution < 1.29 is 23.7 Å². The fourth-order valence-electron chi connectivity index (χ4n) is 3.96. The number of carbonyl (C=O) groups excluding carboxylic acids is 2. The molecule has 5 N–H and O–H groups in total. The van der Waals surface area contributed by atoms with Gasteiger partial charge in [0.1, 0.15) is 0 Å². The zero-order chi connectivity index (χ0) is 26.4. The number of anilines is 1. The molecule has 1 aromatic carbocycles. The highest BCUT2D eigenvalue weighted by atomic mass is 16.6. The summed E-state index contributed by atoms with van der Waals surface area (Å²) in [6, 6.07) is 5.23. The fraction of sp³-hybridized carbons (Fsp3) is 0.409. The van der Waals surface area contributed by atoms with Crippen LogP contribution in [-0.4, -0.2) is 74.5 Å². The zero-order valence-corrected chi connectivity index (χ0v) is 20.5. The van der Waals surface area contributed by atoms with E-state index < -0.39 is 11.8 Å². The maximum atomic E-state index is 13.0. The van der Waals surface area contributed by atoms with Gasteiger partial charge in [0.05, 0.1) is 19.0 Å². The minimum absolute atomic E-state index is 0.0278. The molecule has 1 saturated heterocycles. The SMILES string of the molecule is COc1cc(C=NNC(=O)c2nnn(-c3nonc3N)c2CN2CCCCC2C)ccc1OCC(N)=O. The quantitative estimate of drug-likeness (QED) is 0.248. The summed E-state index contributed by atoms with van der Waals surface area (Å²) in [7, 11) is 1.46. The first-order chi connectivity index (χ1) is 17.9. The van der Waals surface area contributed by atoms with E-state index in [0.29, 0.717) is 35.3 Å². The van der Waals surface area contributed by atoms with Crippen molar-refractivity contribution in [3.05, 3.63) is 35.2 Å². The third-order valence-corrected chi connectivity index (χ3v) is 5.91. The summed E-state index contributed by atoms with van der Waals surface area (Å²) in [5.74, 6) is -0.275. The molecular formula is C22H28N10O5. The first-order valence-electron chi connectivity index (χ1n) is 11.6. The average molecular weight is 513 g/mol. The highest BCUT2D eigenvalue weighted by molar-refractivity contribution is 5.94. The number of nitrogen functional groups attached to an aromatic ring is 1. The van der Waals surface area contributed by atoms with Crippen LogP contribution in [0.1, 0.15) is 47.9 Å². The largest absolute Gasteiger partial charge is 0.493 e. The monoisotopic (exact) mass is 512 g/mol. The molecule has 0 spiro atoms. The first kappa shape index (κ1) is 25.6. The van der Waals surface area contributed by atoms with E-state index in [9.17, 15) is 9.59 Å². The molecule has 1 aliphatic rings. The van der Waals surface area contributed by atoms with Gasteiger partial charge in [0.15, 0.2) is 23.8 Å². The second-order valence-electron chi connectivity index (χ2n) is 8.45. The van der Waals surface area contributed by atoms with Crippen LogP contribution in [0, 0.1) is 0 Å². The van der Waals surface area contributed by atoms with Gasteiger partial charge < -0.3 is 20.9 Å². The number of rotatable bonds is 10. The number of carbonyl (C=O) groups is 2. The van der Waals surface area contributed by atoms with Gasteiger partial charge in [-0.3, -0.25) is 14.5 Å². The lowest BCUT2D eigenvalue weighted by Gasteiger charge is -2.33. The van der Waals surface area contributed by atoms with Crippen LogP contribution < -0.4 is 26.4 Å². The van der Waals surface area contributed by atoms with Crippen LogP contribution in [0.5, 0.6) is 11.5 Å². The molecule has 15 heteroatoms. The van der Waals surface area contributed by atoms with E-state index in [4.69, 9.17) is 25.6 Å². The van der Waals surface area contributed by atoms with Gasteiger partial charge in [-0.1, -0.05) is 11.6 Å². The number of primary amides is 1. The van der Waals surface area contributed by atoms with Gasteiger partial charge in [0.25, 0.3) is 11.8 Å². The molecule has 0 radical (unpaired) electrons. The first-order valence-corrected chi connectivity index (χ1v) is 11.6. The van der Waals surface area contributed by atoms with Gasteiger partial charge in [0, 0.05) is 12.6 Å². The molecule has 196 valence electrons. The number of nitrogens with zero attached hydrogens (tertiary/aromatic N) is 7. The van der Waals surface area contributed by atoms with E-state index in [1.807, 2.05) is 0 Å². The molecule has 1 unspecified atom stereocenters. The normalized spacial score (nSPS) is 16.1. The number of likely N-dealkylation sites (tertiary alicyclic amines) is 1. The summed E-state index contributed by atoms with van der Waals surface area (Å²) < 4.78 is 16.7. The highest BCUT2D eigenvalue weighted by Gasteiger charge is 2.28. The zero-order valence-electron chi connectivity index (χ0n) is 20.5. The molecule has 0 bridgehead atoms. The summed E-state index contributed by atoms with van der Waals surface area (Å²) in [6.07, 6.45) is 4.69. The Labute approximate surface area is 211 Å². The van der Waals surface area contributed by atoms with Crippen LogP contribution in [0.4, 0.5) is 5.82 Å². The summed E-state index contributed by atoms with van der Waals surface area (Å²) in [6.45, 7) is 3.13. The molecule has 0 aliphatic carbocycles. The summed E-state index contributed by atoms with van der Waals surface area (Å²) in [5, 5.41) is 19.6. The van der Waals surface area contributed by atoms with Crippen LogP contribution in [0.15, 0.2) is 27.9 Å². The molecule has 37 heavy (non-hydrogen) atoms. The van der Waals surface area contributed by atoms with E-state index in [1.54, 1.807) is 18.2 Å². The van der Waals surface area contributed by atoms with Crippen LogP contribution >= 0.6 is 0 Å². The lowest BCUT2D eigenvalue weighted by molar-refractivity contribution is -0.119. The number of hydrogen-bond acceptors (Lipinski definition) is 12. The summed E-state index contributed by atoms with van der Waals surface area (Å²) in [4.78, 5) is 26.2. The third kappa shape index (κ3) is 6.00. The van der Waals surface area contributed by atoms with E-state index in [2.05, 4.69) is 43.0 Å². The maximum absolute atomic E-state index is 13.0. The summed E-state index contributed by atoms with van der Waals surface area (Å²) in [5.41, 5.74) is 14.6. The number of nitrogens with two attached hydrogens (primary N) is 2. The van der Waals surface area contributed by atoms with E-state index in [1.165, 1.54) is 18.0 Å². The molecule has 1 fully saturated rings. The van der Waals surface area contributed by atoms with Gasteiger partial charge in [-0.05, 0) is 60.4 Å². The lowest BCUT2D eigenvalue weighted by Crippen LogP contribution is -2.38. The van der Waals surface area contributed by atoms with E-state index in [-0.39, 0.29) is 23.9 Å². The molecule has 1 aliphatic heterocycles. The van der Waals surface area contributed by atoms with Gasteiger partial charge in [-0.15, -0.1) is 5.10 Å². The predicted molar refractivity (Wildman–Crippen MR) is 130 cm³/mol. The molecule has 2 amide bonds. The average Bonchev–Trinajstić information content (AvgIpc) is 3.49. The number of hydrogen-bond donors (Lipinski definition) is 3. The Morgan fingerprint density at radius 1 is 1.30 bits per heavy atom. The van der Waals surface area contributed by atoms with Crippen LogP contribution in [-0.2, 0) is 11.3 Å². The molecule has 3 aromatic rings. The van der Waals surface area contributed by atoms with E-state index in [0.717, 1.165) is 25.8 Å². The van der Waals surface area contributed by atoms with Gasteiger partial charge in [-0.25, -0.2) is 10.1 Å². The number of ether oxygens (including phenoxy) is 2.